The maximum absolute atomic E-state index is 13.0. The summed E-state index contributed by atoms with van der Waals surface area (Å²) >= 11 is 0. The third kappa shape index (κ3) is 4.60. The fourth-order valence-electron chi connectivity index (χ4n) is 2.08. The molecule has 0 saturated carbocycles. The lowest BCUT2D eigenvalue weighted by atomic mass is 10.1. The van der Waals surface area contributed by atoms with E-state index in [0.717, 1.165) is 29.3 Å². The number of halogens is 2. The summed E-state index contributed by atoms with van der Waals surface area (Å²) in [5, 5.41) is 2.60. The zero-order valence-electron chi connectivity index (χ0n) is 12.7. The number of hydrogen-bond acceptors (Lipinski definition) is 3. The average molecular weight is 319 g/mol. The molecule has 1 N–H and O–H groups in total. The highest BCUT2D eigenvalue weighted by atomic mass is 19.2. The molecule has 0 aliphatic rings. The number of hydrogen-bond donors (Lipinski definition) is 1. The van der Waals surface area contributed by atoms with Crippen LogP contribution in [0.2, 0.25) is 0 Å². The Bertz CT molecular complexity index is 739. The molecule has 0 unspecified atom stereocenters. The zero-order valence-corrected chi connectivity index (χ0v) is 12.7. The Labute approximate surface area is 132 Å². The number of carbonyl (C=O) groups excluding carboxylic acids is 2. The van der Waals surface area contributed by atoms with Crippen LogP contribution in [-0.4, -0.2) is 18.5 Å². The van der Waals surface area contributed by atoms with Gasteiger partial charge < -0.3 is 10.1 Å². The summed E-state index contributed by atoms with van der Waals surface area (Å²) in [6, 6.07) is 8.15. The van der Waals surface area contributed by atoms with E-state index in [9.17, 15) is 18.4 Å². The van der Waals surface area contributed by atoms with E-state index in [2.05, 4.69) is 5.32 Å². The van der Waals surface area contributed by atoms with E-state index in [1.807, 2.05) is 19.9 Å². The summed E-state index contributed by atoms with van der Waals surface area (Å²) in [7, 11) is 0. The fraction of sp³-hybridized carbons (Fsp3) is 0.176. The first kappa shape index (κ1) is 16.6. The van der Waals surface area contributed by atoms with Crippen molar-refractivity contribution in [3.05, 3.63) is 64.7 Å². The molecule has 0 aromatic heterocycles. The van der Waals surface area contributed by atoms with Gasteiger partial charge in [0.25, 0.3) is 5.91 Å². The minimum absolute atomic E-state index is 0.164. The van der Waals surface area contributed by atoms with E-state index in [-0.39, 0.29) is 5.56 Å². The molecular formula is C17H15F2NO3. The third-order valence-electron chi connectivity index (χ3n) is 3.00. The van der Waals surface area contributed by atoms with E-state index in [4.69, 9.17) is 4.74 Å². The Hall–Kier alpha value is -2.76. The van der Waals surface area contributed by atoms with Crippen LogP contribution in [0.5, 0.6) is 0 Å². The van der Waals surface area contributed by atoms with Crippen molar-refractivity contribution in [1.29, 1.82) is 0 Å². The van der Waals surface area contributed by atoms with Gasteiger partial charge in [0, 0.05) is 5.69 Å². The maximum Gasteiger partial charge on any atom is 0.338 e. The van der Waals surface area contributed by atoms with Crippen LogP contribution in [0.3, 0.4) is 0 Å². The first-order valence-electron chi connectivity index (χ1n) is 6.85. The molecule has 2 aromatic rings. The van der Waals surface area contributed by atoms with Crippen LogP contribution in [0, 0.1) is 25.5 Å². The number of aryl methyl sites for hydroxylation is 2. The Balaban J connectivity index is 1.93. The normalized spacial score (nSPS) is 10.3. The second-order valence-corrected chi connectivity index (χ2v) is 5.13. The van der Waals surface area contributed by atoms with E-state index >= 15 is 0 Å². The first-order chi connectivity index (χ1) is 10.8. The van der Waals surface area contributed by atoms with Gasteiger partial charge in [-0.25, -0.2) is 13.6 Å². The monoisotopic (exact) mass is 319 g/mol. The van der Waals surface area contributed by atoms with Crippen LogP contribution in [-0.2, 0) is 9.53 Å². The predicted octanol–water partition coefficient (Wildman–Crippen LogP) is 3.38. The number of nitrogens with one attached hydrogen (secondary N) is 1. The van der Waals surface area contributed by atoms with Crippen LogP contribution < -0.4 is 5.32 Å². The van der Waals surface area contributed by atoms with Gasteiger partial charge in [0.2, 0.25) is 0 Å². The highest BCUT2D eigenvalue weighted by Crippen LogP contribution is 2.14. The van der Waals surface area contributed by atoms with Gasteiger partial charge in [0.1, 0.15) is 0 Å². The predicted molar refractivity (Wildman–Crippen MR) is 81.2 cm³/mol. The molecule has 2 rings (SSSR count). The maximum atomic E-state index is 13.0. The molecule has 120 valence electrons. The van der Waals surface area contributed by atoms with Gasteiger partial charge in [-0.2, -0.15) is 0 Å². The van der Waals surface area contributed by atoms with Crippen molar-refractivity contribution in [2.75, 3.05) is 11.9 Å². The van der Waals surface area contributed by atoms with Crippen molar-refractivity contribution in [3.63, 3.8) is 0 Å². The molecule has 0 saturated heterocycles. The summed E-state index contributed by atoms with van der Waals surface area (Å²) < 4.78 is 30.6. The minimum Gasteiger partial charge on any atom is -0.452 e. The number of anilines is 1. The number of benzene rings is 2. The third-order valence-corrected chi connectivity index (χ3v) is 3.00. The van der Waals surface area contributed by atoms with Crippen molar-refractivity contribution in [1.82, 2.24) is 0 Å². The van der Waals surface area contributed by atoms with Crippen LogP contribution in [0.4, 0.5) is 14.5 Å². The summed E-state index contributed by atoms with van der Waals surface area (Å²) in [5.41, 5.74) is 2.40. The van der Waals surface area contributed by atoms with Gasteiger partial charge >= 0.3 is 5.97 Å². The largest absolute Gasteiger partial charge is 0.452 e. The molecule has 23 heavy (non-hydrogen) atoms. The molecule has 0 fully saturated rings. The molecule has 0 aliphatic heterocycles. The molecule has 0 heterocycles. The molecule has 0 atom stereocenters. The summed E-state index contributed by atoms with van der Waals surface area (Å²) in [6.07, 6.45) is 0. The van der Waals surface area contributed by atoms with Crippen molar-refractivity contribution < 1.29 is 23.1 Å². The summed E-state index contributed by atoms with van der Waals surface area (Å²) in [5.74, 6) is -3.64. The molecule has 6 heteroatoms. The quantitative estimate of drug-likeness (QED) is 0.879. The highest BCUT2D eigenvalue weighted by molar-refractivity contribution is 5.95. The number of rotatable bonds is 4. The summed E-state index contributed by atoms with van der Waals surface area (Å²) in [6.45, 7) is 3.27. The van der Waals surface area contributed by atoms with Gasteiger partial charge in [0.15, 0.2) is 18.2 Å². The highest BCUT2D eigenvalue weighted by Gasteiger charge is 2.13. The number of carbonyl (C=O) groups is 2. The lowest BCUT2D eigenvalue weighted by Gasteiger charge is -2.08. The Morgan fingerprint density at radius 1 is 1.00 bits per heavy atom. The van der Waals surface area contributed by atoms with Crippen molar-refractivity contribution in [2.24, 2.45) is 0 Å². The Morgan fingerprint density at radius 2 is 1.65 bits per heavy atom. The van der Waals surface area contributed by atoms with E-state index in [1.54, 1.807) is 12.1 Å². The van der Waals surface area contributed by atoms with E-state index in [0.29, 0.717) is 5.69 Å². The average Bonchev–Trinajstić information content (AvgIpc) is 2.46. The van der Waals surface area contributed by atoms with Crippen LogP contribution in [0.15, 0.2) is 36.4 Å². The molecule has 1 amide bonds. The minimum atomic E-state index is -1.15. The van der Waals surface area contributed by atoms with Gasteiger partial charge in [-0.05, 0) is 55.3 Å². The Morgan fingerprint density at radius 3 is 2.26 bits per heavy atom. The Kier molecular flexibility index (Phi) is 5.05. The van der Waals surface area contributed by atoms with Gasteiger partial charge in [0.05, 0.1) is 5.56 Å². The number of amides is 1. The molecule has 4 nitrogen and oxygen atoms in total. The first-order valence-corrected chi connectivity index (χ1v) is 6.85. The lowest BCUT2D eigenvalue weighted by molar-refractivity contribution is -0.119. The lowest BCUT2D eigenvalue weighted by Crippen LogP contribution is -2.21. The van der Waals surface area contributed by atoms with Crippen molar-refractivity contribution >= 4 is 17.6 Å². The van der Waals surface area contributed by atoms with Crippen molar-refractivity contribution in [3.8, 4) is 0 Å². The molecular weight excluding hydrogens is 304 g/mol. The molecule has 0 spiro atoms. The van der Waals surface area contributed by atoms with E-state index in [1.165, 1.54) is 0 Å². The standard InChI is InChI=1S/C17H15F2NO3/c1-10-5-11(2)7-13(6-10)20-16(21)9-23-17(22)12-3-4-14(18)15(19)8-12/h3-8H,9H2,1-2H3,(H,20,21). The number of ether oxygens (including phenoxy) is 1. The van der Waals surface area contributed by atoms with Crippen LogP contribution in [0.25, 0.3) is 0 Å². The fourth-order valence-corrected chi connectivity index (χ4v) is 2.08. The van der Waals surface area contributed by atoms with Crippen LogP contribution >= 0.6 is 0 Å². The second kappa shape index (κ2) is 7.00. The zero-order chi connectivity index (χ0) is 17.0. The van der Waals surface area contributed by atoms with Gasteiger partial charge in [-0.15, -0.1) is 0 Å². The number of esters is 1. The SMILES string of the molecule is Cc1cc(C)cc(NC(=O)COC(=O)c2ccc(F)c(F)c2)c1. The molecule has 0 bridgehead atoms. The van der Waals surface area contributed by atoms with Gasteiger partial charge in [-0.1, -0.05) is 6.07 Å². The summed E-state index contributed by atoms with van der Waals surface area (Å²) in [4.78, 5) is 23.5. The van der Waals surface area contributed by atoms with E-state index < -0.39 is 30.1 Å². The molecule has 2 aromatic carbocycles. The molecule has 0 aliphatic carbocycles. The topological polar surface area (TPSA) is 55.4 Å². The van der Waals surface area contributed by atoms with Crippen molar-refractivity contribution in [2.45, 2.75) is 13.8 Å². The second-order valence-electron chi connectivity index (χ2n) is 5.13. The molecule has 0 radical (unpaired) electrons. The van der Waals surface area contributed by atoms with Crippen LogP contribution in [0.1, 0.15) is 21.5 Å². The van der Waals surface area contributed by atoms with Gasteiger partial charge in [-0.3, -0.25) is 4.79 Å². The smallest absolute Gasteiger partial charge is 0.338 e.